The van der Waals surface area contributed by atoms with Gasteiger partial charge in [-0.1, -0.05) is 36.2 Å². The lowest BCUT2D eigenvalue weighted by atomic mass is 10.1. The molecule has 2 rings (SSSR count). The van der Waals surface area contributed by atoms with Gasteiger partial charge in [0, 0.05) is 6.04 Å². The third-order valence-corrected chi connectivity index (χ3v) is 5.59. The van der Waals surface area contributed by atoms with Gasteiger partial charge in [-0.25, -0.2) is 8.42 Å². The van der Waals surface area contributed by atoms with Gasteiger partial charge in [-0.15, -0.1) is 0 Å². The van der Waals surface area contributed by atoms with Crippen molar-refractivity contribution in [2.45, 2.75) is 51.8 Å². The minimum Gasteiger partial charge on any atom is -0.313 e. The highest BCUT2D eigenvalue weighted by molar-refractivity contribution is 7.90. The molecule has 118 valence electrons. The molecule has 0 spiro atoms. The number of sulfone groups is 1. The number of benzene rings is 1. The van der Waals surface area contributed by atoms with E-state index in [1.807, 2.05) is 26.0 Å². The fourth-order valence-corrected chi connectivity index (χ4v) is 4.66. The van der Waals surface area contributed by atoms with Crippen molar-refractivity contribution in [3.63, 3.8) is 0 Å². The molecule has 1 unspecified atom stereocenters. The molecule has 21 heavy (non-hydrogen) atoms. The van der Waals surface area contributed by atoms with Crippen LogP contribution >= 0.6 is 0 Å². The molecule has 0 bridgehead atoms. The van der Waals surface area contributed by atoms with Crippen molar-refractivity contribution < 1.29 is 8.42 Å². The maximum atomic E-state index is 12.5. The Bertz CT molecular complexity index is 556. The lowest BCUT2D eigenvalue weighted by Gasteiger charge is -2.18. The van der Waals surface area contributed by atoms with Gasteiger partial charge in [-0.05, 0) is 51.1 Å². The van der Waals surface area contributed by atoms with Gasteiger partial charge in [-0.2, -0.15) is 0 Å². The molecule has 0 saturated heterocycles. The van der Waals surface area contributed by atoms with Gasteiger partial charge < -0.3 is 5.32 Å². The molecule has 1 aliphatic rings. The highest BCUT2D eigenvalue weighted by Gasteiger charge is 2.33. The predicted molar refractivity (Wildman–Crippen MR) is 88.2 cm³/mol. The van der Waals surface area contributed by atoms with Crippen molar-refractivity contribution in [2.75, 3.05) is 12.3 Å². The van der Waals surface area contributed by atoms with E-state index in [1.54, 1.807) is 0 Å². The van der Waals surface area contributed by atoms with Crippen molar-refractivity contribution in [1.82, 2.24) is 5.32 Å². The standard InChI is InChI=1S/C17H27NO2S/c1-4-7-18-17(16-5-6-16)12-21(19,20)11-15-9-13(2)8-14(3)10-15/h8-10,16-18H,4-7,11-12H2,1-3H3. The minimum absolute atomic E-state index is 0.140. The molecule has 0 aliphatic heterocycles. The summed E-state index contributed by atoms with van der Waals surface area (Å²) in [5, 5.41) is 3.42. The van der Waals surface area contributed by atoms with Gasteiger partial charge in [0.05, 0.1) is 11.5 Å². The van der Waals surface area contributed by atoms with Crippen LogP contribution in [0.3, 0.4) is 0 Å². The maximum absolute atomic E-state index is 12.5. The van der Waals surface area contributed by atoms with E-state index < -0.39 is 9.84 Å². The molecule has 1 aliphatic carbocycles. The summed E-state index contributed by atoms with van der Waals surface area (Å²) in [6, 6.07) is 6.18. The molecular formula is C17H27NO2S. The molecule has 0 amide bonds. The second-order valence-electron chi connectivity index (χ2n) is 6.45. The zero-order valence-electron chi connectivity index (χ0n) is 13.4. The van der Waals surface area contributed by atoms with Crippen LogP contribution in [0.5, 0.6) is 0 Å². The first-order chi connectivity index (χ1) is 9.89. The Kier molecular flexibility index (Phi) is 5.44. The van der Waals surface area contributed by atoms with Crippen molar-refractivity contribution in [3.8, 4) is 0 Å². The molecule has 0 aromatic heterocycles. The summed E-state index contributed by atoms with van der Waals surface area (Å²) in [6.45, 7) is 7.04. The zero-order valence-corrected chi connectivity index (χ0v) is 14.2. The van der Waals surface area contributed by atoms with Gasteiger partial charge >= 0.3 is 0 Å². The van der Waals surface area contributed by atoms with Crippen molar-refractivity contribution >= 4 is 9.84 Å². The Hall–Kier alpha value is -0.870. The summed E-state index contributed by atoms with van der Waals surface area (Å²) >= 11 is 0. The van der Waals surface area contributed by atoms with Crippen LogP contribution in [-0.2, 0) is 15.6 Å². The summed E-state index contributed by atoms with van der Waals surface area (Å²) in [7, 11) is -3.07. The number of nitrogens with one attached hydrogen (secondary N) is 1. The van der Waals surface area contributed by atoms with E-state index in [2.05, 4.69) is 18.3 Å². The Morgan fingerprint density at radius 3 is 2.33 bits per heavy atom. The summed E-state index contributed by atoms with van der Waals surface area (Å²) in [4.78, 5) is 0. The first-order valence-corrected chi connectivity index (χ1v) is 9.73. The van der Waals surface area contributed by atoms with Gasteiger partial charge in [0.2, 0.25) is 0 Å². The topological polar surface area (TPSA) is 46.2 Å². The molecule has 1 aromatic rings. The Morgan fingerprint density at radius 2 is 1.81 bits per heavy atom. The quantitative estimate of drug-likeness (QED) is 0.803. The molecule has 1 atom stereocenters. The summed E-state index contributed by atoms with van der Waals surface area (Å²) in [5.41, 5.74) is 3.17. The van der Waals surface area contributed by atoms with Crippen molar-refractivity contribution in [3.05, 3.63) is 34.9 Å². The molecule has 1 aromatic carbocycles. The van der Waals surface area contributed by atoms with Crippen LogP contribution in [-0.4, -0.2) is 26.8 Å². The summed E-state index contributed by atoms with van der Waals surface area (Å²) in [5.74, 6) is 0.988. The van der Waals surface area contributed by atoms with Gasteiger partial charge in [0.1, 0.15) is 0 Å². The van der Waals surface area contributed by atoms with Gasteiger partial charge in [0.25, 0.3) is 0 Å². The number of hydrogen-bond donors (Lipinski definition) is 1. The molecule has 0 radical (unpaired) electrons. The third-order valence-electron chi connectivity index (χ3n) is 3.95. The molecule has 1 N–H and O–H groups in total. The Labute approximate surface area is 129 Å². The second-order valence-corrected chi connectivity index (χ2v) is 8.56. The fourth-order valence-electron chi connectivity index (χ4n) is 2.93. The van der Waals surface area contributed by atoms with E-state index in [-0.39, 0.29) is 17.5 Å². The SMILES string of the molecule is CCCNC(CS(=O)(=O)Cc1cc(C)cc(C)c1)C1CC1. The maximum Gasteiger partial charge on any atom is 0.155 e. The zero-order chi connectivity index (χ0) is 15.5. The Balaban J connectivity index is 2.02. The Morgan fingerprint density at radius 1 is 1.19 bits per heavy atom. The third kappa shape index (κ3) is 5.44. The first kappa shape index (κ1) is 16.5. The van der Waals surface area contributed by atoms with Crippen LogP contribution in [0.2, 0.25) is 0 Å². The lowest BCUT2D eigenvalue weighted by molar-refractivity contribution is 0.489. The van der Waals surface area contributed by atoms with Crippen LogP contribution < -0.4 is 5.32 Å². The van der Waals surface area contributed by atoms with E-state index in [0.717, 1.165) is 29.7 Å². The average Bonchev–Trinajstić information content (AvgIpc) is 3.16. The van der Waals surface area contributed by atoms with Gasteiger partial charge in [0.15, 0.2) is 9.84 Å². The molecule has 1 saturated carbocycles. The molecule has 0 heterocycles. The monoisotopic (exact) mass is 309 g/mol. The lowest BCUT2D eigenvalue weighted by Crippen LogP contribution is -2.38. The van der Waals surface area contributed by atoms with Crippen LogP contribution in [0.15, 0.2) is 18.2 Å². The molecule has 1 fully saturated rings. The summed E-state index contributed by atoms with van der Waals surface area (Å²) in [6.07, 6.45) is 3.38. The highest BCUT2D eigenvalue weighted by atomic mass is 32.2. The average molecular weight is 309 g/mol. The number of hydrogen-bond acceptors (Lipinski definition) is 3. The fraction of sp³-hybridized carbons (Fsp3) is 0.647. The van der Waals surface area contributed by atoms with E-state index in [4.69, 9.17) is 0 Å². The highest BCUT2D eigenvalue weighted by Crippen LogP contribution is 2.33. The van der Waals surface area contributed by atoms with Crippen LogP contribution in [0.1, 0.15) is 42.9 Å². The molecule has 3 nitrogen and oxygen atoms in total. The minimum atomic E-state index is -3.07. The summed E-state index contributed by atoms with van der Waals surface area (Å²) < 4.78 is 25.0. The molecule has 4 heteroatoms. The van der Waals surface area contributed by atoms with Crippen molar-refractivity contribution in [2.24, 2.45) is 5.92 Å². The van der Waals surface area contributed by atoms with Crippen LogP contribution in [0, 0.1) is 19.8 Å². The van der Waals surface area contributed by atoms with E-state index in [9.17, 15) is 8.42 Å². The van der Waals surface area contributed by atoms with E-state index in [0.29, 0.717) is 5.92 Å². The second kappa shape index (κ2) is 6.93. The normalized spacial score (nSPS) is 16.9. The number of rotatable bonds is 8. The van der Waals surface area contributed by atoms with E-state index in [1.165, 1.54) is 12.8 Å². The smallest absolute Gasteiger partial charge is 0.155 e. The van der Waals surface area contributed by atoms with Crippen molar-refractivity contribution in [1.29, 1.82) is 0 Å². The van der Waals surface area contributed by atoms with Crippen LogP contribution in [0.25, 0.3) is 0 Å². The number of aryl methyl sites for hydroxylation is 2. The van der Waals surface area contributed by atoms with Gasteiger partial charge in [-0.3, -0.25) is 0 Å². The van der Waals surface area contributed by atoms with E-state index >= 15 is 0 Å². The van der Waals surface area contributed by atoms with Crippen LogP contribution in [0.4, 0.5) is 0 Å². The molecular weight excluding hydrogens is 282 g/mol. The largest absolute Gasteiger partial charge is 0.313 e. The predicted octanol–water partition coefficient (Wildman–Crippen LogP) is 3.00. The first-order valence-electron chi connectivity index (χ1n) is 7.90.